The SMILES string of the molecule is NCCC(=O)N1CCN(C2CCOCC2)CC1. The van der Waals surface area contributed by atoms with Gasteiger partial charge in [0.1, 0.15) is 0 Å². The van der Waals surface area contributed by atoms with Gasteiger partial charge in [-0.25, -0.2) is 0 Å². The van der Waals surface area contributed by atoms with Gasteiger partial charge in [0.15, 0.2) is 0 Å². The zero-order valence-corrected chi connectivity index (χ0v) is 10.4. The Labute approximate surface area is 103 Å². The Morgan fingerprint density at radius 2 is 1.82 bits per heavy atom. The average molecular weight is 241 g/mol. The Bertz CT molecular complexity index is 246. The van der Waals surface area contributed by atoms with E-state index < -0.39 is 0 Å². The Balaban J connectivity index is 1.75. The molecule has 2 saturated heterocycles. The molecule has 5 nitrogen and oxygen atoms in total. The van der Waals surface area contributed by atoms with Crippen molar-refractivity contribution in [1.82, 2.24) is 9.80 Å². The van der Waals surface area contributed by atoms with Crippen LogP contribution in [0.25, 0.3) is 0 Å². The van der Waals surface area contributed by atoms with Crippen molar-refractivity contribution in [2.45, 2.75) is 25.3 Å². The summed E-state index contributed by atoms with van der Waals surface area (Å²) in [6.07, 6.45) is 2.75. The van der Waals surface area contributed by atoms with Gasteiger partial charge >= 0.3 is 0 Å². The minimum Gasteiger partial charge on any atom is -0.381 e. The van der Waals surface area contributed by atoms with E-state index in [1.807, 2.05) is 4.90 Å². The van der Waals surface area contributed by atoms with E-state index in [0.29, 0.717) is 19.0 Å². The lowest BCUT2D eigenvalue weighted by molar-refractivity contribution is -0.133. The number of nitrogens with zero attached hydrogens (tertiary/aromatic N) is 2. The molecule has 2 rings (SSSR count). The maximum absolute atomic E-state index is 11.7. The molecule has 2 heterocycles. The molecule has 0 aromatic heterocycles. The zero-order valence-electron chi connectivity index (χ0n) is 10.4. The Hall–Kier alpha value is -0.650. The number of ether oxygens (including phenoxy) is 1. The highest BCUT2D eigenvalue weighted by Crippen LogP contribution is 2.16. The van der Waals surface area contributed by atoms with Crippen LogP contribution in [-0.4, -0.2) is 67.7 Å². The van der Waals surface area contributed by atoms with Crippen LogP contribution in [0, 0.1) is 0 Å². The van der Waals surface area contributed by atoms with Crippen molar-refractivity contribution < 1.29 is 9.53 Å². The van der Waals surface area contributed by atoms with E-state index in [-0.39, 0.29) is 5.91 Å². The van der Waals surface area contributed by atoms with Crippen LogP contribution in [0.1, 0.15) is 19.3 Å². The molecule has 5 heteroatoms. The van der Waals surface area contributed by atoms with Crippen LogP contribution in [0.15, 0.2) is 0 Å². The molecule has 0 saturated carbocycles. The number of carbonyl (C=O) groups excluding carboxylic acids is 1. The van der Waals surface area contributed by atoms with Gasteiger partial charge in [0.2, 0.25) is 5.91 Å². The molecule has 0 aliphatic carbocycles. The van der Waals surface area contributed by atoms with Crippen molar-refractivity contribution in [1.29, 1.82) is 0 Å². The average Bonchev–Trinajstić information content (AvgIpc) is 2.40. The summed E-state index contributed by atoms with van der Waals surface area (Å²) in [7, 11) is 0. The largest absolute Gasteiger partial charge is 0.381 e. The molecule has 2 aliphatic heterocycles. The molecule has 2 N–H and O–H groups in total. The van der Waals surface area contributed by atoms with Crippen molar-refractivity contribution in [2.75, 3.05) is 45.9 Å². The Morgan fingerprint density at radius 1 is 1.18 bits per heavy atom. The maximum atomic E-state index is 11.7. The third kappa shape index (κ3) is 3.40. The normalized spacial score (nSPS) is 23.9. The van der Waals surface area contributed by atoms with Gasteiger partial charge in [0.25, 0.3) is 0 Å². The number of hydrogen-bond acceptors (Lipinski definition) is 4. The summed E-state index contributed by atoms with van der Waals surface area (Å²) in [5, 5.41) is 0. The van der Waals surface area contributed by atoms with Crippen LogP contribution < -0.4 is 5.73 Å². The predicted molar refractivity (Wildman–Crippen MR) is 65.7 cm³/mol. The van der Waals surface area contributed by atoms with E-state index in [0.717, 1.165) is 52.2 Å². The van der Waals surface area contributed by atoms with Crippen LogP contribution >= 0.6 is 0 Å². The van der Waals surface area contributed by atoms with Gasteiger partial charge in [-0.15, -0.1) is 0 Å². The van der Waals surface area contributed by atoms with E-state index in [4.69, 9.17) is 10.5 Å². The molecule has 2 fully saturated rings. The summed E-state index contributed by atoms with van der Waals surface area (Å²) < 4.78 is 5.38. The lowest BCUT2D eigenvalue weighted by Gasteiger charge is -2.40. The van der Waals surface area contributed by atoms with Crippen LogP contribution in [0.4, 0.5) is 0 Å². The molecule has 0 radical (unpaired) electrons. The fraction of sp³-hybridized carbons (Fsp3) is 0.917. The second-order valence-corrected chi connectivity index (χ2v) is 4.80. The van der Waals surface area contributed by atoms with E-state index >= 15 is 0 Å². The molecule has 1 amide bonds. The van der Waals surface area contributed by atoms with Crippen molar-refractivity contribution >= 4 is 5.91 Å². The standard InChI is InChI=1S/C12H23N3O2/c13-4-1-12(16)15-7-5-14(6-8-15)11-2-9-17-10-3-11/h11H,1-10,13H2. The number of hydrogen-bond donors (Lipinski definition) is 1. The summed E-state index contributed by atoms with van der Waals surface area (Å²) in [5.74, 6) is 0.208. The predicted octanol–water partition coefficient (Wildman–Crippen LogP) is -0.342. The van der Waals surface area contributed by atoms with Gasteiger partial charge in [-0.05, 0) is 12.8 Å². The molecular formula is C12H23N3O2. The van der Waals surface area contributed by atoms with Gasteiger partial charge in [-0.2, -0.15) is 0 Å². The molecule has 0 unspecified atom stereocenters. The van der Waals surface area contributed by atoms with Crippen molar-refractivity contribution in [3.05, 3.63) is 0 Å². The molecule has 0 aromatic rings. The Kier molecular flexibility index (Phi) is 4.76. The van der Waals surface area contributed by atoms with Crippen molar-refractivity contribution in [3.63, 3.8) is 0 Å². The molecule has 0 atom stereocenters. The first-order valence-electron chi connectivity index (χ1n) is 6.61. The fourth-order valence-electron chi connectivity index (χ4n) is 2.67. The number of amides is 1. The second-order valence-electron chi connectivity index (χ2n) is 4.80. The molecule has 2 aliphatic rings. The van der Waals surface area contributed by atoms with Crippen LogP contribution in [-0.2, 0) is 9.53 Å². The van der Waals surface area contributed by atoms with Gasteiger partial charge in [0.05, 0.1) is 0 Å². The van der Waals surface area contributed by atoms with Gasteiger partial charge in [0, 0.05) is 58.4 Å². The van der Waals surface area contributed by atoms with E-state index in [1.54, 1.807) is 0 Å². The van der Waals surface area contributed by atoms with Crippen molar-refractivity contribution in [2.24, 2.45) is 5.73 Å². The molecule has 0 aromatic carbocycles. The van der Waals surface area contributed by atoms with E-state index in [9.17, 15) is 4.79 Å². The van der Waals surface area contributed by atoms with Gasteiger partial charge in [-0.3, -0.25) is 9.69 Å². The molecule has 0 bridgehead atoms. The highest BCUT2D eigenvalue weighted by atomic mass is 16.5. The van der Waals surface area contributed by atoms with E-state index in [1.165, 1.54) is 0 Å². The van der Waals surface area contributed by atoms with Gasteiger partial charge in [-0.1, -0.05) is 0 Å². The fourth-order valence-corrected chi connectivity index (χ4v) is 2.67. The number of piperazine rings is 1. The monoisotopic (exact) mass is 241 g/mol. The first-order valence-corrected chi connectivity index (χ1v) is 6.61. The maximum Gasteiger partial charge on any atom is 0.223 e. The summed E-state index contributed by atoms with van der Waals surface area (Å²) >= 11 is 0. The minimum atomic E-state index is 0.208. The van der Waals surface area contributed by atoms with E-state index in [2.05, 4.69) is 4.90 Å². The molecule has 17 heavy (non-hydrogen) atoms. The lowest BCUT2D eigenvalue weighted by atomic mass is 10.1. The van der Waals surface area contributed by atoms with Crippen LogP contribution in [0.2, 0.25) is 0 Å². The number of rotatable bonds is 3. The minimum absolute atomic E-state index is 0.208. The summed E-state index contributed by atoms with van der Waals surface area (Å²) in [6.45, 7) is 5.95. The zero-order chi connectivity index (χ0) is 12.1. The molecular weight excluding hydrogens is 218 g/mol. The molecule has 0 spiro atoms. The number of carbonyl (C=O) groups is 1. The molecule has 98 valence electrons. The first-order chi connectivity index (χ1) is 8.31. The first kappa shape index (κ1) is 12.8. The van der Waals surface area contributed by atoms with Crippen LogP contribution in [0.3, 0.4) is 0 Å². The Morgan fingerprint density at radius 3 is 2.41 bits per heavy atom. The third-order valence-corrected chi connectivity index (χ3v) is 3.73. The highest BCUT2D eigenvalue weighted by molar-refractivity contribution is 5.76. The topological polar surface area (TPSA) is 58.8 Å². The summed E-state index contributed by atoms with van der Waals surface area (Å²) in [4.78, 5) is 16.1. The van der Waals surface area contributed by atoms with Crippen LogP contribution in [0.5, 0.6) is 0 Å². The quantitative estimate of drug-likeness (QED) is 0.734. The van der Waals surface area contributed by atoms with Gasteiger partial charge < -0.3 is 15.4 Å². The smallest absolute Gasteiger partial charge is 0.223 e. The highest BCUT2D eigenvalue weighted by Gasteiger charge is 2.26. The lowest BCUT2D eigenvalue weighted by Crippen LogP contribution is -2.53. The second kappa shape index (κ2) is 6.33. The third-order valence-electron chi connectivity index (χ3n) is 3.73. The van der Waals surface area contributed by atoms with Crippen molar-refractivity contribution in [3.8, 4) is 0 Å². The summed E-state index contributed by atoms with van der Waals surface area (Å²) in [6, 6.07) is 0.663. The number of nitrogens with two attached hydrogens (primary N) is 1. The summed E-state index contributed by atoms with van der Waals surface area (Å²) in [5.41, 5.74) is 5.41.